The predicted octanol–water partition coefficient (Wildman–Crippen LogP) is 1.08. The van der Waals surface area contributed by atoms with E-state index in [0.29, 0.717) is 12.6 Å². The maximum atomic E-state index is 13.5. The van der Waals surface area contributed by atoms with Crippen LogP contribution in [-0.2, 0) is 10.0 Å². The largest absolute Gasteiger partial charge is 0.389 e. The molecule has 0 unspecified atom stereocenters. The van der Waals surface area contributed by atoms with Gasteiger partial charge in [0.1, 0.15) is 10.8 Å². The highest BCUT2D eigenvalue weighted by molar-refractivity contribution is 7.89. The molecule has 5 nitrogen and oxygen atoms in total. The van der Waals surface area contributed by atoms with E-state index in [1.807, 2.05) is 25.8 Å². The summed E-state index contributed by atoms with van der Waals surface area (Å²) in [6, 6.07) is 3.70. The second kappa shape index (κ2) is 7.26. The van der Waals surface area contributed by atoms with Crippen molar-refractivity contribution in [1.29, 1.82) is 0 Å². The fourth-order valence-corrected chi connectivity index (χ4v) is 2.76. The molecule has 1 rings (SSSR count). The molecule has 1 aromatic carbocycles. The van der Waals surface area contributed by atoms with E-state index < -0.39 is 15.8 Å². The molecule has 0 spiro atoms. The van der Waals surface area contributed by atoms with Gasteiger partial charge in [0.15, 0.2) is 0 Å². The van der Waals surface area contributed by atoms with Gasteiger partial charge < -0.3 is 10.6 Å². The van der Waals surface area contributed by atoms with Crippen LogP contribution in [0.4, 0.5) is 4.39 Å². The number of thiocarbonyl (C=S) groups is 1. The summed E-state index contributed by atoms with van der Waals surface area (Å²) in [5.41, 5.74) is 5.29. The summed E-state index contributed by atoms with van der Waals surface area (Å²) in [4.78, 5) is 1.77. The summed E-state index contributed by atoms with van der Waals surface area (Å²) in [7, 11) is -1.81. The minimum absolute atomic E-state index is 0.0566. The number of nitrogens with two attached hydrogens (primary N) is 1. The summed E-state index contributed by atoms with van der Waals surface area (Å²) < 4.78 is 40.2. The molecule has 118 valence electrons. The molecular weight excluding hydrogens is 313 g/mol. The van der Waals surface area contributed by atoms with E-state index in [-0.39, 0.29) is 22.0 Å². The number of hydrogen-bond acceptors (Lipinski definition) is 4. The second-order valence-electron chi connectivity index (χ2n) is 4.98. The molecule has 0 aliphatic carbocycles. The molecule has 0 fully saturated rings. The fourth-order valence-electron chi connectivity index (χ4n) is 1.56. The Hall–Kier alpha value is -1.09. The van der Waals surface area contributed by atoms with E-state index in [0.717, 1.165) is 12.1 Å². The molecule has 0 bridgehead atoms. The van der Waals surface area contributed by atoms with Gasteiger partial charge in [0, 0.05) is 24.7 Å². The second-order valence-corrected chi connectivity index (χ2v) is 7.18. The van der Waals surface area contributed by atoms with Crippen molar-refractivity contribution in [2.24, 2.45) is 5.73 Å². The van der Waals surface area contributed by atoms with Crippen molar-refractivity contribution >= 4 is 27.2 Å². The van der Waals surface area contributed by atoms with Crippen LogP contribution in [0, 0.1) is 5.82 Å². The number of rotatable bonds is 7. The lowest BCUT2D eigenvalue weighted by Crippen LogP contribution is -2.36. The maximum absolute atomic E-state index is 13.5. The summed E-state index contributed by atoms with van der Waals surface area (Å²) in [5, 5.41) is 0. The lowest BCUT2D eigenvalue weighted by Gasteiger charge is -2.20. The number of nitrogens with one attached hydrogen (secondary N) is 1. The number of halogens is 1. The van der Waals surface area contributed by atoms with Crippen LogP contribution in [0.1, 0.15) is 19.4 Å². The Balaban J connectivity index is 2.84. The molecule has 0 aliphatic rings. The van der Waals surface area contributed by atoms with Crippen molar-refractivity contribution < 1.29 is 12.8 Å². The topological polar surface area (TPSA) is 75.4 Å². The Kier molecular flexibility index (Phi) is 6.21. The van der Waals surface area contributed by atoms with Crippen LogP contribution in [0.5, 0.6) is 0 Å². The zero-order chi connectivity index (χ0) is 16.2. The van der Waals surface area contributed by atoms with Crippen LogP contribution in [0.25, 0.3) is 0 Å². The van der Waals surface area contributed by atoms with E-state index in [2.05, 4.69) is 4.72 Å². The van der Waals surface area contributed by atoms with Gasteiger partial charge in [-0.3, -0.25) is 0 Å². The first-order valence-corrected chi connectivity index (χ1v) is 8.33. The third-order valence-corrected chi connectivity index (χ3v) is 4.83. The molecule has 0 atom stereocenters. The van der Waals surface area contributed by atoms with Crippen molar-refractivity contribution in [1.82, 2.24) is 9.62 Å². The van der Waals surface area contributed by atoms with Crippen LogP contribution in [-0.4, -0.2) is 44.5 Å². The zero-order valence-electron chi connectivity index (χ0n) is 12.3. The molecule has 0 saturated carbocycles. The molecule has 1 aromatic rings. The third kappa shape index (κ3) is 4.99. The summed E-state index contributed by atoms with van der Waals surface area (Å²) in [5.74, 6) is -0.638. The van der Waals surface area contributed by atoms with Gasteiger partial charge >= 0.3 is 0 Å². The van der Waals surface area contributed by atoms with Gasteiger partial charge in [-0.2, -0.15) is 0 Å². The van der Waals surface area contributed by atoms with Crippen molar-refractivity contribution in [3.8, 4) is 0 Å². The molecule has 0 aromatic heterocycles. The summed E-state index contributed by atoms with van der Waals surface area (Å²) >= 11 is 4.70. The van der Waals surface area contributed by atoms with Gasteiger partial charge in [0.05, 0.1) is 4.90 Å². The van der Waals surface area contributed by atoms with E-state index >= 15 is 0 Å². The van der Waals surface area contributed by atoms with Crippen molar-refractivity contribution in [3.05, 3.63) is 29.6 Å². The van der Waals surface area contributed by atoms with Crippen molar-refractivity contribution in [2.45, 2.75) is 24.8 Å². The van der Waals surface area contributed by atoms with Crippen LogP contribution in [0.2, 0.25) is 0 Å². The monoisotopic (exact) mass is 333 g/mol. The van der Waals surface area contributed by atoms with Gasteiger partial charge in [-0.15, -0.1) is 0 Å². The Morgan fingerprint density at radius 1 is 1.48 bits per heavy atom. The molecule has 0 saturated heterocycles. The highest BCUT2D eigenvalue weighted by Crippen LogP contribution is 2.15. The number of sulfonamides is 1. The van der Waals surface area contributed by atoms with E-state index in [1.165, 1.54) is 6.07 Å². The van der Waals surface area contributed by atoms with Gasteiger partial charge in [0.2, 0.25) is 10.0 Å². The third-order valence-electron chi connectivity index (χ3n) is 3.15. The molecule has 21 heavy (non-hydrogen) atoms. The SMILES string of the molecule is CC(C)N(C)CCNS(=O)(=O)c1ccc(F)c(C(N)=S)c1. The Bertz CT molecular complexity index is 618. The van der Waals surface area contributed by atoms with Gasteiger partial charge in [-0.25, -0.2) is 17.5 Å². The van der Waals surface area contributed by atoms with Gasteiger partial charge in [-0.05, 0) is 39.1 Å². The van der Waals surface area contributed by atoms with Crippen molar-refractivity contribution in [2.75, 3.05) is 20.1 Å². The van der Waals surface area contributed by atoms with Crippen LogP contribution in [0.15, 0.2) is 23.1 Å². The average molecular weight is 333 g/mol. The normalized spacial score (nSPS) is 12.1. The van der Waals surface area contributed by atoms with Crippen molar-refractivity contribution in [3.63, 3.8) is 0 Å². The Morgan fingerprint density at radius 3 is 2.62 bits per heavy atom. The van der Waals surface area contributed by atoms with Crippen LogP contribution in [0.3, 0.4) is 0 Å². The molecule has 0 heterocycles. The van der Waals surface area contributed by atoms with E-state index in [1.54, 1.807) is 0 Å². The number of likely N-dealkylation sites (N-methyl/N-ethyl adjacent to an activating group) is 1. The minimum atomic E-state index is -3.71. The number of benzene rings is 1. The Morgan fingerprint density at radius 2 is 2.10 bits per heavy atom. The standard InChI is InChI=1S/C13H20FN3O2S2/c1-9(2)17(3)7-6-16-21(18,19)10-4-5-12(14)11(8-10)13(15)20/h4-5,8-9,16H,6-7H2,1-3H3,(H2,15,20). The highest BCUT2D eigenvalue weighted by atomic mass is 32.2. The number of hydrogen-bond donors (Lipinski definition) is 2. The van der Waals surface area contributed by atoms with E-state index in [4.69, 9.17) is 18.0 Å². The predicted molar refractivity (Wildman–Crippen MR) is 85.2 cm³/mol. The fraction of sp³-hybridized carbons (Fsp3) is 0.462. The highest BCUT2D eigenvalue weighted by Gasteiger charge is 2.17. The smallest absolute Gasteiger partial charge is 0.240 e. The lowest BCUT2D eigenvalue weighted by atomic mass is 10.2. The van der Waals surface area contributed by atoms with E-state index in [9.17, 15) is 12.8 Å². The first-order valence-electron chi connectivity index (χ1n) is 6.44. The quantitative estimate of drug-likeness (QED) is 0.730. The molecule has 0 amide bonds. The van der Waals surface area contributed by atoms with Gasteiger partial charge in [-0.1, -0.05) is 12.2 Å². The maximum Gasteiger partial charge on any atom is 0.240 e. The summed E-state index contributed by atoms with van der Waals surface area (Å²) in [6.45, 7) is 4.86. The molecular formula is C13H20FN3O2S2. The molecule has 0 aliphatic heterocycles. The van der Waals surface area contributed by atoms with Crippen LogP contribution >= 0.6 is 12.2 Å². The lowest BCUT2D eigenvalue weighted by molar-refractivity contribution is 0.278. The number of nitrogens with zero attached hydrogens (tertiary/aromatic N) is 1. The Labute approximate surface area is 130 Å². The minimum Gasteiger partial charge on any atom is -0.389 e. The molecule has 0 radical (unpaired) electrons. The first kappa shape index (κ1) is 18.0. The summed E-state index contributed by atoms with van der Waals surface area (Å²) in [6.07, 6.45) is 0. The van der Waals surface area contributed by atoms with Crippen LogP contribution < -0.4 is 10.5 Å². The average Bonchev–Trinajstić information content (AvgIpc) is 2.38. The zero-order valence-corrected chi connectivity index (χ0v) is 13.9. The first-order chi connectivity index (χ1) is 9.65. The molecule has 8 heteroatoms. The molecule has 3 N–H and O–H groups in total. The van der Waals surface area contributed by atoms with Gasteiger partial charge in [0.25, 0.3) is 0 Å².